The van der Waals surface area contributed by atoms with Gasteiger partial charge in [-0.3, -0.25) is 4.79 Å². The van der Waals surface area contributed by atoms with Gasteiger partial charge >= 0.3 is 0 Å². The minimum atomic E-state index is 0.00963. The number of benzene rings is 2. The molecular formula is C22H23NO2. The molecule has 0 saturated carbocycles. The van der Waals surface area contributed by atoms with E-state index in [4.69, 9.17) is 4.74 Å². The van der Waals surface area contributed by atoms with E-state index in [1.54, 1.807) is 0 Å². The first-order valence-corrected chi connectivity index (χ1v) is 8.37. The number of carbonyl (C=O) groups excluding carboxylic acids is 1. The maximum Gasteiger partial charge on any atom is 0.221 e. The first kappa shape index (κ1) is 18.4. The van der Waals surface area contributed by atoms with Crippen molar-refractivity contribution in [1.82, 2.24) is 5.32 Å². The summed E-state index contributed by atoms with van der Waals surface area (Å²) >= 11 is 0. The minimum Gasteiger partial charge on any atom is -0.481 e. The van der Waals surface area contributed by atoms with Crippen molar-refractivity contribution >= 4 is 5.91 Å². The fourth-order valence-corrected chi connectivity index (χ4v) is 2.33. The highest BCUT2D eigenvalue weighted by molar-refractivity contribution is 5.76. The fraction of sp³-hybridized carbons (Fsp3) is 0.227. The summed E-state index contributed by atoms with van der Waals surface area (Å²) in [6, 6.07) is 17.8. The molecule has 0 heterocycles. The third-order valence-corrected chi connectivity index (χ3v) is 3.62. The summed E-state index contributed by atoms with van der Waals surface area (Å²) in [6.45, 7) is 4.38. The third-order valence-electron chi connectivity index (χ3n) is 3.62. The number of hydrogen-bond donors (Lipinski definition) is 1. The lowest BCUT2D eigenvalue weighted by Gasteiger charge is -2.07. The van der Waals surface area contributed by atoms with Crippen molar-refractivity contribution in [3.63, 3.8) is 0 Å². The van der Waals surface area contributed by atoms with Crippen molar-refractivity contribution in [3.8, 4) is 17.6 Å². The summed E-state index contributed by atoms with van der Waals surface area (Å²) in [5.74, 6) is 6.66. The van der Waals surface area contributed by atoms with Crippen LogP contribution in [0, 0.1) is 11.8 Å². The van der Waals surface area contributed by atoms with Crippen LogP contribution in [-0.2, 0) is 17.6 Å². The zero-order valence-corrected chi connectivity index (χ0v) is 14.3. The van der Waals surface area contributed by atoms with Crippen LogP contribution in [0.3, 0.4) is 0 Å². The molecule has 1 N–H and O–H groups in total. The van der Waals surface area contributed by atoms with Crippen LogP contribution in [-0.4, -0.2) is 19.1 Å². The van der Waals surface area contributed by atoms with Crippen LogP contribution in [0.1, 0.15) is 17.5 Å². The van der Waals surface area contributed by atoms with E-state index in [-0.39, 0.29) is 5.91 Å². The SMILES string of the molecule is C=CCc1ccccc1OCC#CCNC(=O)CCc1ccccc1. The highest BCUT2D eigenvalue weighted by Gasteiger charge is 2.01. The molecule has 0 aliphatic carbocycles. The Balaban J connectivity index is 1.66. The standard InChI is InChI=1S/C22H23NO2/c1-2-10-20-13-6-7-14-21(20)25-18-9-8-17-23-22(24)16-15-19-11-4-3-5-12-19/h2-7,11-14H,1,10,15-18H2,(H,23,24). The molecule has 128 valence electrons. The minimum absolute atomic E-state index is 0.00963. The number of para-hydroxylation sites is 1. The van der Waals surface area contributed by atoms with E-state index in [0.29, 0.717) is 19.6 Å². The molecule has 0 aliphatic rings. The fourth-order valence-electron chi connectivity index (χ4n) is 2.33. The predicted molar refractivity (Wildman–Crippen MR) is 101 cm³/mol. The normalized spacial score (nSPS) is 9.60. The van der Waals surface area contributed by atoms with Crippen molar-refractivity contribution < 1.29 is 9.53 Å². The summed E-state index contributed by atoms with van der Waals surface area (Å²) in [5.41, 5.74) is 2.25. The molecule has 2 rings (SSSR count). The average molecular weight is 333 g/mol. The van der Waals surface area contributed by atoms with E-state index < -0.39 is 0 Å². The molecule has 25 heavy (non-hydrogen) atoms. The molecule has 0 saturated heterocycles. The molecule has 0 aromatic heterocycles. The second-order valence-corrected chi connectivity index (χ2v) is 5.51. The van der Waals surface area contributed by atoms with Gasteiger partial charge in [-0.05, 0) is 30.0 Å². The zero-order valence-electron chi connectivity index (χ0n) is 14.3. The van der Waals surface area contributed by atoms with Crippen LogP contribution in [0.15, 0.2) is 67.3 Å². The molecule has 3 heteroatoms. The summed E-state index contributed by atoms with van der Waals surface area (Å²) < 4.78 is 5.67. The largest absolute Gasteiger partial charge is 0.481 e. The smallest absolute Gasteiger partial charge is 0.221 e. The summed E-state index contributed by atoms with van der Waals surface area (Å²) in [6.07, 6.45) is 3.82. The van der Waals surface area contributed by atoms with Gasteiger partial charge in [-0.2, -0.15) is 0 Å². The summed E-state index contributed by atoms with van der Waals surface area (Å²) in [7, 11) is 0. The molecule has 0 spiro atoms. The lowest BCUT2D eigenvalue weighted by atomic mass is 10.1. The number of hydrogen-bond acceptors (Lipinski definition) is 2. The number of amides is 1. The summed E-state index contributed by atoms with van der Waals surface area (Å²) in [5, 5.41) is 2.80. The van der Waals surface area contributed by atoms with Crippen LogP contribution in [0.4, 0.5) is 0 Å². The van der Waals surface area contributed by atoms with E-state index in [2.05, 4.69) is 23.7 Å². The number of aryl methyl sites for hydroxylation is 1. The zero-order chi connectivity index (χ0) is 17.7. The molecule has 0 fully saturated rings. The average Bonchev–Trinajstić information content (AvgIpc) is 2.65. The first-order valence-electron chi connectivity index (χ1n) is 8.37. The van der Waals surface area contributed by atoms with Crippen molar-refractivity contribution in [3.05, 3.63) is 78.4 Å². The molecule has 0 atom stereocenters. The molecule has 2 aromatic rings. The van der Waals surface area contributed by atoms with Gasteiger partial charge in [-0.1, -0.05) is 66.4 Å². The third kappa shape index (κ3) is 6.97. The second kappa shape index (κ2) is 10.7. The van der Waals surface area contributed by atoms with Crippen molar-refractivity contribution in [2.45, 2.75) is 19.3 Å². The number of carbonyl (C=O) groups is 1. The Morgan fingerprint density at radius 2 is 1.84 bits per heavy atom. The van der Waals surface area contributed by atoms with Gasteiger partial charge in [0.2, 0.25) is 5.91 Å². The number of rotatable bonds is 8. The van der Waals surface area contributed by atoms with Gasteiger partial charge in [0.25, 0.3) is 0 Å². The molecule has 0 aliphatic heterocycles. The van der Waals surface area contributed by atoms with E-state index in [9.17, 15) is 4.79 Å². The Kier molecular flexibility index (Phi) is 7.87. The van der Waals surface area contributed by atoms with Crippen molar-refractivity contribution in [2.24, 2.45) is 0 Å². The van der Waals surface area contributed by atoms with Crippen LogP contribution >= 0.6 is 0 Å². The second-order valence-electron chi connectivity index (χ2n) is 5.51. The maximum atomic E-state index is 11.8. The predicted octanol–water partition coefficient (Wildman–Crippen LogP) is 3.55. The van der Waals surface area contributed by atoms with Gasteiger partial charge in [-0.15, -0.1) is 6.58 Å². The maximum absolute atomic E-state index is 11.8. The highest BCUT2D eigenvalue weighted by Crippen LogP contribution is 2.18. The van der Waals surface area contributed by atoms with Crippen LogP contribution < -0.4 is 10.1 Å². The van der Waals surface area contributed by atoms with Gasteiger partial charge in [-0.25, -0.2) is 0 Å². The van der Waals surface area contributed by atoms with Gasteiger partial charge < -0.3 is 10.1 Å². The molecule has 1 amide bonds. The lowest BCUT2D eigenvalue weighted by molar-refractivity contribution is -0.120. The van der Waals surface area contributed by atoms with Crippen LogP contribution in [0.5, 0.6) is 5.75 Å². The van der Waals surface area contributed by atoms with E-state index in [0.717, 1.165) is 29.7 Å². The Morgan fingerprint density at radius 1 is 1.08 bits per heavy atom. The van der Waals surface area contributed by atoms with E-state index >= 15 is 0 Å². The van der Waals surface area contributed by atoms with Crippen molar-refractivity contribution in [2.75, 3.05) is 13.2 Å². The molecule has 3 nitrogen and oxygen atoms in total. The van der Waals surface area contributed by atoms with Crippen LogP contribution in [0.25, 0.3) is 0 Å². The highest BCUT2D eigenvalue weighted by atomic mass is 16.5. The topological polar surface area (TPSA) is 38.3 Å². The van der Waals surface area contributed by atoms with Gasteiger partial charge in [0, 0.05) is 6.42 Å². The number of nitrogens with one attached hydrogen (secondary N) is 1. The Morgan fingerprint density at radius 3 is 2.64 bits per heavy atom. The van der Waals surface area contributed by atoms with Gasteiger partial charge in [0.1, 0.15) is 12.4 Å². The lowest BCUT2D eigenvalue weighted by Crippen LogP contribution is -2.23. The van der Waals surface area contributed by atoms with E-state index in [1.807, 2.05) is 60.7 Å². The van der Waals surface area contributed by atoms with Gasteiger partial charge in [0.05, 0.1) is 6.54 Å². The number of ether oxygens (including phenoxy) is 1. The van der Waals surface area contributed by atoms with Crippen molar-refractivity contribution in [1.29, 1.82) is 0 Å². The molecule has 2 aromatic carbocycles. The molecule has 0 bridgehead atoms. The Bertz CT molecular complexity index is 741. The monoisotopic (exact) mass is 333 g/mol. The molecule has 0 radical (unpaired) electrons. The van der Waals surface area contributed by atoms with Gasteiger partial charge in [0.15, 0.2) is 0 Å². The number of allylic oxidation sites excluding steroid dienone is 1. The first-order chi connectivity index (χ1) is 12.3. The quantitative estimate of drug-likeness (QED) is 0.593. The van der Waals surface area contributed by atoms with Crippen LogP contribution in [0.2, 0.25) is 0 Å². The molecular weight excluding hydrogens is 310 g/mol. The van der Waals surface area contributed by atoms with E-state index in [1.165, 1.54) is 0 Å². The molecule has 0 unspecified atom stereocenters. The Hall–Kier alpha value is -2.99. The Labute approximate surface area is 149 Å². The summed E-state index contributed by atoms with van der Waals surface area (Å²) in [4.78, 5) is 11.8.